The molecule has 0 aliphatic carbocycles. The molecule has 0 fully saturated rings. The van der Waals surface area contributed by atoms with Gasteiger partial charge in [-0.2, -0.15) is 0 Å². The Bertz CT molecular complexity index is 945. The van der Waals surface area contributed by atoms with Gasteiger partial charge < -0.3 is 10.0 Å². The Morgan fingerprint density at radius 1 is 1.27 bits per heavy atom. The molecule has 0 unspecified atom stereocenters. The number of carbonyl (C=O) groups is 1. The minimum atomic E-state index is -0.972. The topological polar surface area (TPSA) is 52.9 Å². The molecule has 26 heavy (non-hydrogen) atoms. The molecule has 0 amide bonds. The average molecular weight is 369 g/mol. The van der Waals surface area contributed by atoms with Crippen molar-refractivity contribution < 1.29 is 9.90 Å². The molecule has 1 N–H and O–H groups in total. The lowest BCUT2D eigenvalue weighted by Gasteiger charge is -2.40. The number of carboxylic acid groups (broad SMARTS) is 1. The van der Waals surface area contributed by atoms with Crippen LogP contribution in [0.4, 0.5) is 11.4 Å². The van der Waals surface area contributed by atoms with E-state index in [1.165, 1.54) is 11.6 Å². The molecular formula is C21H21ClN2O2. The molecule has 0 atom stereocenters. The molecule has 0 radical (unpaired) electrons. The molecule has 2 aromatic carbocycles. The number of aliphatic imine (C=N–C) groups is 1. The van der Waals surface area contributed by atoms with Gasteiger partial charge >= 0.3 is 5.97 Å². The molecule has 134 valence electrons. The van der Waals surface area contributed by atoms with Crippen LogP contribution in [0.25, 0.3) is 5.57 Å². The smallest absolute Gasteiger partial charge is 0.335 e. The minimum absolute atomic E-state index is 0.0761. The van der Waals surface area contributed by atoms with Gasteiger partial charge in [-0.15, -0.1) is 0 Å². The zero-order valence-corrected chi connectivity index (χ0v) is 16.0. The van der Waals surface area contributed by atoms with Crippen LogP contribution in [0.15, 0.2) is 47.5 Å². The maximum Gasteiger partial charge on any atom is 0.335 e. The predicted molar refractivity (Wildman–Crippen MR) is 108 cm³/mol. The second-order valence-electron chi connectivity index (χ2n) is 7.04. The molecular weight excluding hydrogens is 348 g/mol. The highest BCUT2D eigenvalue weighted by molar-refractivity contribution is 6.33. The molecule has 0 bridgehead atoms. The molecule has 3 rings (SSSR count). The Hall–Kier alpha value is -2.59. The van der Waals surface area contributed by atoms with Gasteiger partial charge in [0.1, 0.15) is 0 Å². The van der Waals surface area contributed by atoms with Crippen LogP contribution in [-0.2, 0) is 0 Å². The van der Waals surface area contributed by atoms with E-state index in [0.717, 1.165) is 16.8 Å². The molecule has 0 aromatic heterocycles. The molecule has 0 spiro atoms. The summed E-state index contributed by atoms with van der Waals surface area (Å²) >= 11 is 6.48. The first-order chi connectivity index (χ1) is 12.2. The van der Waals surface area contributed by atoms with Crippen LogP contribution in [0.2, 0.25) is 5.02 Å². The Morgan fingerprint density at radius 2 is 2.00 bits per heavy atom. The number of hydrogen-bond donors (Lipinski definition) is 1. The van der Waals surface area contributed by atoms with Crippen molar-refractivity contribution in [3.8, 4) is 0 Å². The van der Waals surface area contributed by atoms with E-state index in [1.54, 1.807) is 24.4 Å². The predicted octanol–water partition coefficient (Wildman–Crippen LogP) is 5.42. The van der Waals surface area contributed by atoms with Gasteiger partial charge in [0.15, 0.2) is 0 Å². The van der Waals surface area contributed by atoms with E-state index in [1.807, 2.05) is 12.1 Å². The number of hydrogen-bond acceptors (Lipinski definition) is 3. The number of anilines is 1. The number of carboxylic acids is 1. The second kappa shape index (κ2) is 6.61. The molecule has 1 aliphatic heterocycles. The summed E-state index contributed by atoms with van der Waals surface area (Å²) in [6.45, 7) is 6.43. The third kappa shape index (κ3) is 3.37. The molecule has 1 heterocycles. The normalized spacial score (nSPS) is 15.7. The highest BCUT2D eigenvalue weighted by atomic mass is 35.5. The lowest BCUT2D eigenvalue weighted by Crippen LogP contribution is -2.42. The summed E-state index contributed by atoms with van der Waals surface area (Å²) < 4.78 is 0. The minimum Gasteiger partial charge on any atom is -0.478 e. The Labute approximate surface area is 158 Å². The van der Waals surface area contributed by atoms with E-state index in [4.69, 9.17) is 16.7 Å². The summed E-state index contributed by atoms with van der Waals surface area (Å²) in [4.78, 5) is 17.7. The monoisotopic (exact) mass is 368 g/mol. The third-order valence-corrected chi connectivity index (χ3v) is 5.11. The van der Waals surface area contributed by atoms with E-state index < -0.39 is 5.97 Å². The van der Waals surface area contributed by atoms with Crippen molar-refractivity contribution in [3.63, 3.8) is 0 Å². The number of aromatic carboxylic acids is 1. The first-order valence-electron chi connectivity index (χ1n) is 8.34. The van der Waals surface area contributed by atoms with Crippen LogP contribution in [-0.4, -0.2) is 29.9 Å². The summed E-state index contributed by atoms with van der Waals surface area (Å²) in [5, 5.41) is 9.69. The van der Waals surface area contributed by atoms with Crippen molar-refractivity contribution in [2.24, 2.45) is 4.99 Å². The number of rotatable bonds is 3. The number of allylic oxidation sites excluding steroid dienone is 1. The van der Waals surface area contributed by atoms with Gasteiger partial charge in [-0.3, -0.25) is 4.99 Å². The summed E-state index contributed by atoms with van der Waals surface area (Å²) in [6.07, 6.45) is 3.91. The van der Waals surface area contributed by atoms with E-state index in [9.17, 15) is 4.79 Å². The lowest BCUT2D eigenvalue weighted by atomic mass is 9.88. The third-order valence-electron chi connectivity index (χ3n) is 4.78. The van der Waals surface area contributed by atoms with Crippen molar-refractivity contribution in [2.75, 3.05) is 11.9 Å². The zero-order chi connectivity index (χ0) is 19.1. The van der Waals surface area contributed by atoms with E-state index >= 15 is 0 Å². The van der Waals surface area contributed by atoms with Crippen molar-refractivity contribution in [3.05, 3.63) is 64.2 Å². The summed E-state index contributed by atoms with van der Waals surface area (Å²) in [5.74, 6) is -0.972. The van der Waals surface area contributed by atoms with Crippen LogP contribution in [0.3, 0.4) is 0 Å². The largest absolute Gasteiger partial charge is 0.478 e. The maximum absolute atomic E-state index is 11.1. The van der Waals surface area contributed by atoms with Crippen LogP contribution in [0, 0.1) is 0 Å². The van der Waals surface area contributed by atoms with Crippen LogP contribution >= 0.6 is 11.6 Å². The van der Waals surface area contributed by atoms with Crippen LogP contribution in [0.1, 0.15) is 42.3 Å². The van der Waals surface area contributed by atoms with Gasteiger partial charge in [-0.1, -0.05) is 23.7 Å². The van der Waals surface area contributed by atoms with Gasteiger partial charge in [0.05, 0.1) is 21.8 Å². The van der Waals surface area contributed by atoms with Crippen molar-refractivity contribution in [2.45, 2.75) is 26.3 Å². The molecule has 1 aliphatic rings. The number of likely N-dealkylation sites (N-methyl/N-ethyl adjacent to an activating group) is 1. The first-order valence-corrected chi connectivity index (χ1v) is 8.71. The van der Waals surface area contributed by atoms with Gasteiger partial charge in [-0.05, 0) is 56.7 Å². The Balaban J connectivity index is 1.99. The Kier molecular flexibility index (Phi) is 4.63. The highest BCUT2D eigenvalue weighted by Crippen LogP contribution is 2.40. The Morgan fingerprint density at radius 3 is 2.69 bits per heavy atom. The summed E-state index contributed by atoms with van der Waals surface area (Å²) in [6, 6.07) is 10.5. The van der Waals surface area contributed by atoms with Gasteiger partial charge in [-0.25, -0.2) is 4.79 Å². The highest BCUT2D eigenvalue weighted by Gasteiger charge is 2.29. The van der Waals surface area contributed by atoms with Gasteiger partial charge in [0.25, 0.3) is 0 Å². The molecule has 5 heteroatoms. The van der Waals surface area contributed by atoms with E-state index in [0.29, 0.717) is 10.7 Å². The summed E-state index contributed by atoms with van der Waals surface area (Å²) in [7, 11) is 2.06. The second-order valence-corrected chi connectivity index (χ2v) is 7.45. The maximum atomic E-state index is 11.1. The van der Waals surface area contributed by atoms with Crippen LogP contribution < -0.4 is 4.90 Å². The number of halogens is 1. The number of nitrogens with zero attached hydrogens (tertiary/aromatic N) is 2. The van der Waals surface area contributed by atoms with Crippen molar-refractivity contribution in [1.29, 1.82) is 0 Å². The lowest BCUT2D eigenvalue weighted by molar-refractivity contribution is 0.0697. The number of benzene rings is 2. The van der Waals surface area contributed by atoms with Crippen molar-refractivity contribution in [1.82, 2.24) is 0 Å². The van der Waals surface area contributed by atoms with Crippen molar-refractivity contribution >= 4 is 40.7 Å². The molecule has 0 saturated heterocycles. The van der Waals surface area contributed by atoms with Gasteiger partial charge in [0.2, 0.25) is 0 Å². The standard InChI is InChI=1S/C21H21ClN2O2/c1-13-11-21(2,3)24(4)19-10-18(22)15(9-17(13)19)12-23-16-7-5-6-14(8-16)20(25)26/h5-12H,1-4H3,(H,25,26). The van der Waals surface area contributed by atoms with E-state index in [-0.39, 0.29) is 11.1 Å². The first kappa shape index (κ1) is 18.2. The fourth-order valence-corrected chi connectivity index (χ4v) is 3.36. The quantitative estimate of drug-likeness (QED) is 0.736. The average Bonchev–Trinajstić information content (AvgIpc) is 2.58. The fourth-order valence-electron chi connectivity index (χ4n) is 3.15. The molecule has 4 nitrogen and oxygen atoms in total. The van der Waals surface area contributed by atoms with Gasteiger partial charge in [0, 0.05) is 30.1 Å². The SMILES string of the molecule is CC1=CC(C)(C)N(C)c2cc(Cl)c(C=Nc3cccc(C(=O)O)c3)cc21. The summed E-state index contributed by atoms with van der Waals surface area (Å²) in [5.41, 5.74) is 4.91. The van der Waals surface area contributed by atoms with E-state index in [2.05, 4.69) is 43.8 Å². The fraction of sp³-hybridized carbons (Fsp3) is 0.238. The number of fused-ring (bicyclic) bond motifs is 1. The zero-order valence-electron chi connectivity index (χ0n) is 15.2. The molecule has 2 aromatic rings. The molecule has 0 saturated carbocycles. The van der Waals surface area contributed by atoms with Crippen LogP contribution in [0.5, 0.6) is 0 Å².